The topological polar surface area (TPSA) is 29.1 Å². The molecule has 5 heteroatoms. The molecule has 1 N–H and O–H groups in total. The second-order valence-corrected chi connectivity index (χ2v) is 7.72. The number of carbonyl (C=O) groups excluding carboxylic acids is 1. The zero-order valence-corrected chi connectivity index (χ0v) is 15.4. The van der Waals surface area contributed by atoms with E-state index in [1.54, 1.807) is 23.5 Å². The largest absolute Gasteiger partial charge is 0.355 e. The monoisotopic (exact) mass is 365 g/mol. The van der Waals surface area contributed by atoms with Crippen LogP contribution < -0.4 is 5.32 Å². The van der Waals surface area contributed by atoms with Crippen molar-refractivity contribution in [2.45, 2.75) is 17.6 Å². The first-order valence-corrected chi connectivity index (χ1v) is 9.93. The highest BCUT2D eigenvalue weighted by Gasteiger charge is 2.02. The maximum Gasteiger partial charge on any atom is 0.230 e. The second-order valence-electron chi connectivity index (χ2n) is 5.13. The van der Waals surface area contributed by atoms with E-state index in [9.17, 15) is 4.79 Å². The van der Waals surface area contributed by atoms with Gasteiger partial charge < -0.3 is 5.32 Å². The minimum Gasteiger partial charge on any atom is -0.355 e. The number of halogens is 1. The van der Waals surface area contributed by atoms with Gasteiger partial charge in [0.1, 0.15) is 0 Å². The molecule has 0 aliphatic carbocycles. The molecule has 1 amide bonds. The highest BCUT2D eigenvalue weighted by Crippen LogP contribution is 2.19. The summed E-state index contributed by atoms with van der Waals surface area (Å²) in [6, 6.07) is 16.1. The van der Waals surface area contributed by atoms with Gasteiger partial charge in [-0.15, -0.1) is 23.5 Å². The van der Waals surface area contributed by atoms with E-state index in [-0.39, 0.29) is 5.91 Å². The second kappa shape index (κ2) is 9.91. The van der Waals surface area contributed by atoms with Gasteiger partial charge in [0.2, 0.25) is 5.91 Å². The Morgan fingerprint density at radius 2 is 1.96 bits per heavy atom. The number of hydrogen-bond donors (Lipinski definition) is 1. The van der Waals surface area contributed by atoms with Gasteiger partial charge in [0.05, 0.1) is 5.75 Å². The van der Waals surface area contributed by atoms with E-state index in [0.29, 0.717) is 12.3 Å². The van der Waals surface area contributed by atoms with Crippen LogP contribution in [-0.4, -0.2) is 24.0 Å². The molecule has 0 spiro atoms. The molecular formula is C18H20ClNOS2. The number of hydrogen-bond acceptors (Lipinski definition) is 3. The number of carbonyl (C=O) groups is 1. The van der Waals surface area contributed by atoms with Gasteiger partial charge in [-0.05, 0) is 36.8 Å². The van der Waals surface area contributed by atoms with Crippen molar-refractivity contribution < 1.29 is 4.79 Å². The predicted octanol–water partition coefficient (Wildman–Crippen LogP) is 4.79. The molecule has 0 unspecified atom stereocenters. The number of benzene rings is 2. The summed E-state index contributed by atoms with van der Waals surface area (Å²) < 4.78 is 0. The van der Waals surface area contributed by atoms with Gasteiger partial charge in [-0.1, -0.05) is 41.4 Å². The zero-order valence-electron chi connectivity index (χ0n) is 13.0. The van der Waals surface area contributed by atoms with Crippen LogP contribution in [0.4, 0.5) is 0 Å². The lowest BCUT2D eigenvalue weighted by Crippen LogP contribution is -2.27. The van der Waals surface area contributed by atoms with Gasteiger partial charge in [-0.2, -0.15) is 0 Å². The van der Waals surface area contributed by atoms with Crippen molar-refractivity contribution in [2.75, 3.05) is 18.1 Å². The lowest BCUT2D eigenvalue weighted by Gasteiger charge is -2.06. The van der Waals surface area contributed by atoms with E-state index in [0.717, 1.165) is 21.4 Å². The smallest absolute Gasteiger partial charge is 0.230 e. The lowest BCUT2D eigenvalue weighted by atomic mass is 10.2. The molecule has 2 aromatic rings. The summed E-state index contributed by atoms with van der Waals surface area (Å²) in [4.78, 5) is 13.0. The molecule has 0 heterocycles. The van der Waals surface area contributed by atoms with Crippen molar-refractivity contribution in [1.29, 1.82) is 0 Å². The summed E-state index contributed by atoms with van der Waals surface area (Å²) in [6.45, 7) is 2.76. The molecule has 0 aliphatic heterocycles. The summed E-state index contributed by atoms with van der Waals surface area (Å²) in [5.74, 6) is 2.32. The first-order chi connectivity index (χ1) is 11.1. The highest BCUT2D eigenvalue weighted by atomic mass is 35.5. The zero-order chi connectivity index (χ0) is 16.5. The fourth-order valence-corrected chi connectivity index (χ4v) is 3.70. The van der Waals surface area contributed by atoms with Gasteiger partial charge in [0, 0.05) is 28.0 Å². The SMILES string of the molecule is Cc1cccc(CSCC(=O)NCCSc2ccc(Cl)cc2)c1. The average molecular weight is 366 g/mol. The molecule has 2 aromatic carbocycles. The predicted molar refractivity (Wildman–Crippen MR) is 103 cm³/mol. The Hall–Kier alpha value is -1.10. The quantitative estimate of drug-likeness (QED) is 0.538. The van der Waals surface area contributed by atoms with Crippen LogP contribution in [0.25, 0.3) is 0 Å². The maximum atomic E-state index is 11.8. The minimum atomic E-state index is 0.0966. The van der Waals surface area contributed by atoms with Crippen molar-refractivity contribution in [3.8, 4) is 0 Å². The highest BCUT2D eigenvalue weighted by molar-refractivity contribution is 7.99. The third kappa shape index (κ3) is 7.34. The molecule has 0 radical (unpaired) electrons. The van der Waals surface area contributed by atoms with E-state index in [1.807, 2.05) is 24.3 Å². The van der Waals surface area contributed by atoms with Crippen LogP contribution >= 0.6 is 35.1 Å². The Kier molecular flexibility index (Phi) is 7.86. The van der Waals surface area contributed by atoms with Crippen LogP contribution in [0.3, 0.4) is 0 Å². The van der Waals surface area contributed by atoms with E-state index in [2.05, 4.69) is 36.5 Å². The van der Waals surface area contributed by atoms with Gasteiger partial charge in [0.15, 0.2) is 0 Å². The normalized spacial score (nSPS) is 10.5. The number of thioether (sulfide) groups is 2. The molecule has 0 atom stereocenters. The third-order valence-electron chi connectivity index (χ3n) is 3.09. The molecule has 0 saturated heterocycles. The Morgan fingerprint density at radius 1 is 1.17 bits per heavy atom. The molecule has 0 bridgehead atoms. The van der Waals surface area contributed by atoms with Crippen LogP contribution in [-0.2, 0) is 10.5 Å². The Labute approximate surface area is 151 Å². The molecular weight excluding hydrogens is 346 g/mol. The molecule has 2 nitrogen and oxygen atoms in total. The van der Waals surface area contributed by atoms with E-state index < -0.39 is 0 Å². The average Bonchev–Trinajstić information content (AvgIpc) is 2.53. The van der Waals surface area contributed by atoms with Crippen LogP contribution in [0.5, 0.6) is 0 Å². The van der Waals surface area contributed by atoms with Gasteiger partial charge in [-0.25, -0.2) is 0 Å². The Balaban J connectivity index is 1.57. The minimum absolute atomic E-state index is 0.0966. The Morgan fingerprint density at radius 3 is 2.70 bits per heavy atom. The van der Waals surface area contributed by atoms with Crippen LogP contribution in [0.2, 0.25) is 5.02 Å². The Bertz CT molecular complexity index is 631. The number of amides is 1. The number of nitrogens with one attached hydrogen (secondary N) is 1. The molecule has 23 heavy (non-hydrogen) atoms. The van der Waals surface area contributed by atoms with Crippen LogP contribution in [0.15, 0.2) is 53.4 Å². The molecule has 0 fully saturated rings. The number of rotatable bonds is 8. The van der Waals surface area contributed by atoms with E-state index in [4.69, 9.17) is 11.6 Å². The summed E-state index contributed by atoms with van der Waals surface area (Å²) in [5, 5.41) is 3.70. The molecule has 0 saturated carbocycles. The number of aryl methyl sites for hydroxylation is 1. The van der Waals surface area contributed by atoms with Crippen LogP contribution in [0.1, 0.15) is 11.1 Å². The van der Waals surface area contributed by atoms with Crippen molar-refractivity contribution in [1.82, 2.24) is 5.32 Å². The summed E-state index contributed by atoms with van der Waals surface area (Å²) in [6.07, 6.45) is 0. The summed E-state index contributed by atoms with van der Waals surface area (Å²) in [7, 11) is 0. The summed E-state index contributed by atoms with van der Waals surface area (Å²) >= 11 is 9.21. The summed E-state index contributed by atoms with van der Waals surface area (Å²) in [5.41, 5.74) is 2.52. The van der Waals surface area contributed by atoms with Crippen molar-refractivity contribution >= 4 is 41.0 Å². The van der Waals surface area contributed by atoms with Gasteiger partial charge >= 0.3 is 0 Å². The van der Waals surface area contributed by atoms with Crippen molar-refractivity contribution in [3.63, 3.8) is 0 Å². The molecule has 2 rings (SSSR count). The lowest BCUT2D eigenvalue weighted by molar-refractivity contribution is -0.118. The maximum absolute atomic E-state index is 11.8. The molecule has 0 aliphatic rings. The third-order valence-corrected chi connectivity index (χ3v) is 5.36. The van der Waals surface area contributed by atoms with Gasteiger partial charge in [0.25, 0.3) is 0 Å². The fraction of sp³-hybridized carbons (Fsp3) is 0.278. The van der Waals surface area contributed by atoms with Crippen LogP contribution in [0, 0.1) is 6.92 Å². The fourth-order valence-electron chi connectivity index (χ4n) is 2.00. The van der Waals surface area contributed by atoms with E-state index in [1.165, 1.54) is 11.1 Å². The van der Waals surface area contributed by atoms with Crippen molar-refractivity contribution in [2.24, 2.45) is 0 Å². The molecule has 0 aromatic heterocycles. The van der Waals surface area contributed by atoms with Crippen molar-refractivity contribution in [3.05, 3.63) is 64.7 Å². The van der Waals surface area contributed by atoms with E-state index >= 15 is 0 Å². The first-order valence-electron chi connectivity index (χ1n) is 7.42. The van der Waals surface area contributed by atoms with Gasteiger partial charge in [-0.3, -0.25) is 4.79 Å². The standard InChI is InChI=1S/C18H20ClNOS2/c1-14-3-2-4-15(11-14)12-22-13-18(21)20-9-10-23-17-7-5-16(19)6-8-17/h2-8,11H,9-10,12-13H2,1H3,(H,20,21). The molecule has 122 valence electrons. The first kappa shape index (κ1) is 18.2.